The van der Waals surface area contributed by atoms with E-state index in [-0.39, 0.29) is 35.6 Å². The van der Waals surface area contributed by atoms with Gasteiger partial charge in [0, 0.05) is 35.6 Å². The van der Waals surface area contributed by atoms with Crippen molar-refractivity contribution in [1.82, 2.24) is 0 Å². The number of unbranched alkanes of at least 4 members (excludes halogenated alkanes) is 2. The van der Waals surface area contributed by atoms with Crippen LogP contribution in [-0.4, -0.2) is 14.7 Å². The summed E-state index contributed by atoms with van der Waals surface area (Å²) in [5, 5.41) is 0. The molecule has 0 aromatic rings. The minimum absolute atomic E-state index is 0. The molecular formula is C8H21LaO3PS-2. The average Bonchev–Trinajstić information content (AvgIpc) is 2.01. The van der Waals surface area contributed by atoms with Crippen molar-refractivity contribution in [3.05, 3.63) is 13.8 Å². The first-order valence-electron chi connectivity index (χ1n) is 4.20. The normalized spacial score (nSPS) is 8.50. The number of hydrogen-bond acceptors (Lipinski definition) is 1. The van der Waals surface area contributed by atoms with Gasteiger partial charge in [-0.1, -0.05) is 26.7 Å². The van der Waals surface area contributed by atoms with Crippen molar-refractivity contribution in [2.24, 2.45) is 0 Å². The summed E-state index contributed by atoms with van der Waals surface area (Å²) < 4.78 is 0. The fourth-order valence-corrected chi connectivity index (χ4v) is 0. The molecule has 0 rings (SSSR count). The molecule has 0 fully saturated rings. The number of hydrogen-bond donors (Lipinski definition) is 3. The summed E-state index contributed by atoms with van der Waals surface area (Å²) in [6, 6.07) is 0. The third-order valence-electron chi connectivity index (χ3n) is 0.707. The van der Waals surface area contributed by atoms with Crippen LogP contribution in [0, 0.1) is 49.4 Å². The summed E-state index contributed by atoms with van der Waals surface area (Å²) in [4.78, 5) is 22.7. The summed E-state index contributed by atoms with van der Waals surface area (Å²) in [6.45, 7) is 7.64. The van der Waals surface area contributed by atoms with Crippen LogP contribution in [0.4, 0.5) is 0 Å². The first kappa shape index (κ1) is 24.8. The summed E-state index contributed by atoms with van der Waals surface area (Å²) in [5.41, 5.74) is 0. The molecule has 3 N–H and O–H groups in total. The molecule has 0 aliphatic carbocycles. The molecule has 87 valence electrons. The molecule has 0 saturated carbocycles. The molecule has 1 radical (unpaired) electrons. The second kappa shape index (κ2) is 20.2. The van der Waals surface area contributed by atoms with Gasteiger partial charge in [0.2, 0.25) is 0 Å². The Morgan fingerprint density at radius 1 is 1.00 bits per heavy atom. The molecule has 0 bridgehead atoms. The van der Waals surface area contributed by atoms with Gasteiger partial charge < -0.3 is 28.5 Å². The molecule has 0 unspecified atom stereocenters. The van der Waals surface area contributed by atoms with Gasteiger partial charge in [0.25, 0.3) is 0 Å². The van der Waals surface area contributed by atoms with Crippen LogP contribution < -0.4 is 0 Å². The van der Waals surface area contributed by atoms with Gasteiger partial charge in [-0.2, -0.15) is 12.8 Å². The average molecular weight is 367 g/mol. The van der Waals surface area contributed by atoms with E-state index in [4.69, 9.17) is 14.7 Å². The minimum atomic E-state index is -3.81. The van der Waals surface area contributed by atoms with E-state index in [1.54, 1.807) is 0 Å². The molecule has 0 aromatic heterocycles. The quantitative estimate of drug-likeness (QED) is 0.518. The van der Waals surface area contributed by atoms with E-state index >= 15 is 0 Å². The second-order valence-corrected chi connectivity index (χ2v) is 4.72. The van der Waals surface area contributed by atoms with Gasteiger partial charge in [0.05, 0.1) is 0 Å². The maximum atomic E-state index is 7.56. The van der Waals surface area contributed by atoms with Gasteiger partial charge in [-0.25, -0.2) is 0 Å². The Morgan fingerprint density at radius 2 is 1.07 bits per heavy atom. The van der Waals surface area contributed by atoms with Crippen LogP contribution in [-0.2, 0) is 11.8 Å². The van der Waals surface area contributed by atoms with Crippen LogP contribution in [0.3, 0.4) is 0 Å². The molecule has 6 heteroatoms. The van der Waals surface area contributed by atoms with Crippen molar-refractivity contribution in [3.63, 3.8) is 0 Å². The minimum Gasteiger partial charge on any atom is -0.343 e. The van der Waals surface area contributed by atoms with Crippen LogP contribution in [0.15, 0.2) is 0 Å². The van der Waals surface area contributed by atoms with E-state index in [2.05, 4.69) is 39.5 Å². The predicted octanol–water partition coefficient (Wildman–Crippen LogP) is 2.43. The van der Waals surface area contributed by atoms with Crippen molar-refractivity contribution < 1.29 is 50.3 Å². The molecule has 3 nitrogen and oxygen atoms in total. The Labute approximate surface area is 121 Å². The van der Waals surface area contributed by atoms with Gasteiger partial charge in [-0.05, 0) is 11.8 Å². The Balaban J connectivity index is -0.0000000522. The van der Waals surface area contributed by atoms with Crippen molar-refractivity contribution in [1.29, 1.82) is 0 Å². The monoisotopic (exact) mass is 367 g/mol. The van der Waals surface area contributed by atoms with Gasteiger partial charge >= 0.3 is 6.72 Å². The molecule has 0 amide bonds. The first-order chi connectivity index (χ1) is 5.83. The van der Waals surface area contributed by atoms with E-state index in [0.717, 1.165) is 12.8 Å². The molecule has 0 aromatic carbocycles. The summed E-state index contributed by atoms with van der Waals surface area (Å²) >= 11 is 3.60. The topological polar surface area (TPSA) is 60.7 Å². The molecule has 0 spiro atoms. The van der Waals surface area contributed by atoms with Crippen molar-refractivity contribution in [3.8, 4) is 0 Å². The maximum absolute atomic E-state index is 7.56. The molecule has 0 atom stereocenters. The van der Waals surface area contributed by atoms with Gasteiger partial charge in [0.15, 0.2) is 0 Å². The van der Waals surface area contributed by atoms with Crippen LogP contribution in [0.2, 0.25) is 0 Å². The van der Waals surface area contributed by atoms with E-state index in [1.165, 1.54) is 12.8 Å². The Hall–Kier alpha value is 1.72. The molecule has 0 aliphatic heterocycles. The summed E-state index contributed by atoms with van der Waals surface area (Å²) in [6.07, 6.45) is 4.56. The largest absolute Gasteiger partial charge is 0.343 e. The Bertz CT molecular complexity index is 103. The molecule has 0 heterocycles. The van der Waals surface area contributed by atoms with Gasteiger partial charge in [0.1, 0.15) is 0 Å². The van der Waals surface area contributed by atoms with E-state index in [0.29, 0.717) is 0 Å². The SMILES string of the molecule is OP(O)(O)=S.[CH2-]CCC.[CH2-]CCC.[La]. The zero-order valence-electron chi connectivity index (χ0n) is 9.02. The van der Waals surface area contributed by atoms with Crippen LogP contribution in [0.5, 0.6) is 0 Å². The summed E-state index contributed by atoms with van der Waals surface area (Å²) in [7, 11) is 0. The van der Waals surface area contributed by atoms with Crippen LogP contribution in [0.1, 0.15) is 39.5 Å². The van der Waals surface area contributed by atoms with E-state index in [9.17, 15) is 0 Å². The van der Waals surface area contributed by atoms with Crippen molar-refractivity contribution >= 4 is 18.5 Å². The fraction of sp³-hybridized carbons (Fsp3) is 0.750. The maximum Gasteiger partial charge on any atom is 0.319 e. The zero-order valence-corrected chi connectivity index (χ0v) is 14.4. The van der Waals surface area contributed by atoms with Crippen molar-refractivity contribution in [2.75, 3.05) is 0 Å². The molecule has 0 aliphatic rings. The van der Waals surface area contributed by atoms with Gasteiger partial charge in [-0.3, -0.25) is 0 Å². The van der Waals surface area contributed by atoms with E-state index in [1.807, 2.05) is 0 Å². The van der Waals surface area contributed by atoms with Crippen molar-refractivity contribution in [2.45, 2.75) is 39.5 Å². The first-order valence-corrected chi connectivity index (χ1v) is 6.86. The van der Waals surface area contributed by atoms with E-state index < -0.39 is 6.72 Å². The standard InChI is InChI=1S/2C4H9.La.H3O3PS/c2*1-3-4-2;;1-4(2,3)5/h2*1,3-4H2,2H3;;(H3,1,2,3,5)/q2*-1;;. The fourth-order valence-electron chi connectivity index (χ4n) is 0. The smallest absolute Gasteiger partial charge is 0.319 e. The zero-order chi connectivity index (χ0) is 11.3. The van der Waals surface area contributed by atoms with Crippen LogP contribution >= 0.6 is 6.72 Å². The molecular weight excluding hydrogens is 346 g/mol. The third kappa shape index (κ3) is 160. The third-order valence-corrected chi connectivity index (χ3v) is 0.707. The predicted molar refractivity (Wildman–Crippen MR) is 61.5 cm³/mol. The summed E-state index contributed by atoms with van der Waals surface area (Å²) in [5.74, 6) is 0. The number of rotatable bonds is 2. The Kier molecular flexibility index (Phi) is 35.7. The molecule has 14 heavy (non-hydrogen) atoms. The Morgan fingerprint density at radius 3 is 1.07 bits per heavy atom. The second-order valence-electron chi connectivity index (χ2n) is 2.22. The molecule has 0 saturated heterocycles. The van der Waals surface area contributed by atoms with Crippen LogP contribution in [0.25, 0.3) is 0 Å². The van der Waals surface area contributed by atoms with Gasteiger partial charge in [-0.15, -0.1) is 0 Å².